The third-order valence-corrected chi connectivity index (χ3v) is 3.66. The van der Waals surface area contributed by atoms with Gasteiger partial charge in [-0.3, -0.25) is 0 Å². The van der Waals surface area contributed by atoms with Crippen molar-refractivity contribution in [2.45, 2.75) is 44.9 Å². The monoisotopic (exact) mass is 315 g/mol. The Morgan fingerprint density at radius 3 is 2.67 bits per heavy atom. The lowest BCUT2D eigenvalue weighted by atomic mass is 10.1. The number of halogens is 2. The Morgan fingerprint density at radius 1 is 1.43 bits per heavy atom. The molecule has 0 aliphatic heterocycles. The Balaban J connectivity index is 2.27. The van der Waals surface area contributed by atoms with Gasteiger partial charge in [0.2, 0.25) is 0 Å². The normalized spacial score (nSPS) is 21.0. The number of rotatable bonds is 2. The minimum absolute atomic E-state index is 0.373. The smallest absolute Gasteiger partial charge is 0.408 e. The maximum atomic E-state index is 14.1. The number of fused-ring (bicyclic) bond motifs is 1. The summed E-state index contributed by atoms with van der Waals surface area (Å²) in [6, 6.07) is 2.19. The Labute approximate surface area is 128 Å². The molecule has 4 nitrogen and oxygen atoms in total. The van der Waals surface area contributed by atoms with Gasteiger partial charge in [-0.2, -0.15) is 0 Å². The summed E-state index contributed by atoms with van der Waals surface area (Å²) in [6.07, 6.45) is -0.535. The first-order chi connectivity index (χ1) is 9.73. The van der Waals surface area contributed by atoms with Crippen molar-refractivity contribution >= 4 is 17.7 Å². The number of carbonyl (C=O) groups is 1. The molecule has 1 N–H and O–H groups in total. The van der Waals surface area contributed by atoms with Gasteiger partial charge < -0.3 is 14.8 Å². The van der Waals surface area contributed by atoms with E-state index < -0.39 is 23.6 Å². The van der Waals surface area contributed by atoms with E-state index in [0.717, 1.165) is 0 Å². The number of methoxy groups -OCH3 is 1. The second-order valence-electron chi connectivity index (χ2n) is 6.02. The Hall–Kier alpha value is -1.33. The van der Waals surface area contributed by atoms with Gasteiger partial charge in [-0.05, 0) is 38.5 Å². The lowest BCUT2D eigenvalue weighted by molar-refractivity contribution is 0.0365. The number of carbonyl (C=O) groups excluding carboxylic acids is 1. The first-order valence-corrected chi connectivity index (χ1v) is 7.10. The van der Waals surface area contributed by atoms with Crippen LogP contribution in [0.1, 0.15) is 37.9 Å². The first kappa shape index (κ1) is 16.0. The molecule has 0 aromatic heterocycles. The highest BCUT2D eigenvalue weighted by Gasteiger charge is 2.38. The fourth-order valence-electron chi connectivity index (χ4n) is 2.48. The molecule has 6 heteroatoms. The molecule has 0 saturated carbocycles. The maximum Gasteiger partial charge on any atom is 0.408 e. The van der Waals surface area contributed by atoms with E-state index in [-0.39, 0.29) is 6.10 Å². The van der Waals surface area contributed by atoms with E-state index in [4.69, 9.17) is 21.1 Å². The number of hydrogen-bond donors (Lipinski definition) is 1. The van der Waals surface area contributed by atoms with Gasteiger partial charge in [0.05, 0.1) is 12.1 Å². The molecule has 0 bridgehead atoms. The van der Waals surface area contributed by atoms with Crippen molar-refractivity contribution < 1.29 is 18.7 Å². The maximum absolute atomic E-state index is 14.1. The highest BCUT2D eigenvalue weighted by molar-refractivity contribution is 6.31. The summed E-state index contributed by atoms with van der Waals surface area (Å²) in [6.45, 7) is 5.29. The van der Waals surface area contributed by atoms with Crippen LogP contribution < -0.4 is 5.32 Å². The van der Waals surface area contributed by atoms with Crippen molar-refractivity contribution in [3.05, 3.63) is 34.1 Å². The van der Waals surface area contributed by atoms with Gasteiger partial charge in [0.1, 0.15) is 11.4 Å². The highest BCUT2D eigenvalue weighted by Crippen LogP contribution is 2.39. The molecule has 1 amide bonds. The largest absolute Gasteiger partial charge is 0.444 e. The lowest BCUT2D eigenvalue weighted by Crippen LogP contribution is -2.38. The standard InChI is InChI=1S/C15H19ClFNO3/c1-15(2,3)21-14(19)18-13-11(20-4)7-8-9(16)5-6-10(17)12(8)13/h5-6,11,13H,7H2,1-4H3,(H,18,19)/t11-,13?/m1/s1. The predicted molar refractivity (Wildman–Crippen MR) is 78.0 cm³/mol. The van der Waals surface area contributed by atoms with Crippen LogP contribution in [0.4, 0.5) is 9.18 Å². The first-order valence-electron chi connectivity index (χ1n) is 6.72. The van der Waals surface area contributed by atoms with Crippen LogP contribution in [0.2, 0.25) is 5.02 Å². The summed E-state index contributed by atoms with van der Waals surface area (Å²) < 4.78 is 24.7. The summed E-state index contributed by atoms with van der Waals surface area (Å²) in [5.41, 5.74) is 0.422. The molecular formula is C15H19ClFNO3. The van der Waals surface area contributed by atoms with E-state index in [0.29, 0.717) is 22.6 Å². The summed E-state index contributed by atoms with van der Waals surface area (Å²) in [4.78, 5) is 11.9. The number of alkyl carbamates (subject to hydrolysis) is 1. The van der Waals surface area contributed by atoms with Crippen LogP contribution in [0.3, 0.4) is 0 Å². The zero-order chi connectivity index (χ0) is 15.8. The zero-order valence-electron chi connectivity index (χ0n) is 12.5. The van der Waals surface area contributed by atoms with Gasteiger partial charge in [0.15, 0.2) is 0 Å². The van der Waals surface area contributed by atoms with Gasteiger partial charge >= 0.3 is 6.09 Å². The lowest BCUT2D eigenvalue weighted by Gasteiger charge is -2.24. The minimum Gasteiger partial charge on any atom is -0.444 e. The van der Waals surface area contributed by atoms with E-state index in [2.05, 4.69) is 5.32 Å². The van der Waals surface area contributed by atoms with Crippen molar-refractivity contribution in [3.63, 3.8) is 0 Å². The molecule has 21 heavy (non-hydrogen) atoms. The van der Waals surface area contributed by atoms with Crippen molar-refractivity contribution in [1.29, 1.82) is 0 Å². The molecule has 1 unspecified atom stereocenters. The molecule has 0 fully saturated rings. The molecule has 2 rings (SSSR count). The molecule has 2 atom stereocenters. The molecule has 0 radical (unpaired) electrons. The van der Waals surface area contributed by atoms with Gasteiger partial charge in [-0.15, -0.1) is 0 Å². The van der Waals surface area contributed by atoms with E-state index in [9.17, 15) is 9.18 Å². The van der Waals surface area contributed by atoms with E-state index in [1.165, 1.54) is 19.2 Å². The topological polar surface area (TPSA) is 47.6 Å². The summed E-state index contributed by atoms with van der Waals surface area (Å²) >= 11 is 6.11. The van der Waals surface area contributed by atoms with Gasteiger partial charge in [-0.1, -0.05) is 11.6 Å². The molecule has 0 spiro atoms. The minimum atomic E-state index is -0.624. The number of hydrogen-bond acceptors (Lipinski definition) is 3. The van der Waals surface area contributed by atoms with Crippen molar-refractivity contribution in [1.82, 2.24) is 5.32 Å². The van der Waals surface area contributed by atoms with Crippen LogP contribution in [-0.4, -0.2) is 24.9 Å². The molecule has 116 valence electrons. The molecule has 0 saturated heterocycles. The van der Waals surface area contributed by atoms with Crippen LogP contribution in [0.15, 0.2) is 12.1 Å². The number of nitrogens with one attached hydrogen (secondary N) is 1. The van der Waals surface area contributed by atoms with Crippen molar-refractivity contribution in [3.8, 4) is 0 Å². The third-order valence-electron chi connectivity index (χ3n) is 3.31. The Kier molecular flexibility index (Phi) is 4.44. The van der Waals surface area contributed by atoms with Crippen LogP contribution in [0.5, 0.6) is 0 Å². The van der Waals surface area contributed by atoms with E-state index in [1.54, 1.807) is 20.8 Å². The second kappa shape index (κ2) is 5.81. The molecule has 1 aromatic carbocycles. The fourth-order valence-corrected chi connectivity index (χ4v) is 2.72. The van der Waals surface area contributed by atoms with Crippen LogP contribution >= 0.6 is 11.6 Å². The van der Waals surface area contributed by atoms with Crippen LogP contribution in [-0.2, 0) is 15.9 Å². The molecule has 1 aromatic rings. The van der Waals surface area contributed by atoms with Crippen molar-refractivity contribution in [2.75, 3.05) is 7.11 Å². The van der Waals surface area contributed by atoms with E-state index >= 15 is 0 Å². The van der Waals surface area contributed by atoms with Crippen LogP contribution in [0.25, 0.3) is 0 Å². The molecule has 1 aliphatic rings. The molecule has 1 aliphatic carbocycles. The fraction of sp³-hybridized carbons (Fsp3) is 0.533. The quantitative estimate of drug-likeness (QED) is 0.907. The molecule has 0 heterocycles. The van der Waals surface area contributed by atoms with Gasteiger partial charge in [-0.25, -0.2) is 9.18 Å². The highest BCUT2D eigenvalue weighted by atomic mass is 35.5. The third kappa shape index (κ3) is 3.47. The van der Waals surface area contributed by atoms with Gasteiger partial charge in [0.25, 0.3) is 0 Å². The Bertz CT molecular complexity index is 557. The van der Waals surface area contributed by atoms with Crippen molar-refractivity contribution in [2.24, 2.45) is 0 Å². The summed E-state index contributed by atoms with van der Waals surface area (Å²) in [5, 5.41) is 3.15. The number of ether oxygens (including phenoxy) is 2. The number of amides is 1. The zero-order valence-corrected chi connectivity index (χ0v) is 13.3. The van der Waals surface area contributed by atoms with Gasteiger partial charge in [0, 0.05) is 24.1 Å². The average Bonchev–Trinajstić information content (AvgIpc) is 2.71. The average molecular weight is 316 g/mol. The second-order valence-corrected chi connectivity index (χ2v) is 6.43. The number of benzene rings is 1. The Morgan fingerprint density at radius 2 is 2.10 bits per heavy atom. The van der Waals surface area contributed by atoms with E-state index in [1.807, 2.05) is 0 Å². The van der Waals surface area contributed by atoms with Crippen LogP contribution in [0, 0.1) is 5.82 Å². The molecular weight excluding hydrogens is 297 g/mol. The SMILES string of the molecule is CO[C@@H]1Cc2c(Cl)ccc(F)c2C1NC(=O)OC(C)(C)C. The summed E-state index contributed by atoms with van der Waals surface area (Å²) in [5.74, 6) is -0.407. The summed E-state index contributed by atoms with van der Waals surface area (Å²) in [7, 11) is 1.52. The predicted octanol–water partition coefficient (Wildman–Crippen LogP) is 3.62.